The fraction of sp³-hybridized carbons (Fsp3) is 0.222. The normalized spacial score (nSPS) is 10.2. The van der Waals surface area contributed by atoms with E-state index < -0.39 is 5.97 Å². The van der Waals surface area contributed by atoms with Gasteiger partial charge in [-0.05, 0) is 29.8 Å². The standard InChI is InChI=1S/C18H18Cl2N2O3/c1-21-16-6-4-3-5-13(16)18(24)25-11-17(23)22(2)10-12-7-8-14(19)15(20)9-12/h3-9,21H,10-11H2,1-2H3. The zero-order chi connectivity index (χ0) is 18.4. The number of para-hydroxylation sites is 1. The Balaban J connectivity index is 1.92. The third kappa shape index (κ3) is 5.11. The van der Waals surface area contributed by atoms with E-state index in [9.17, 15) is 9.59 Å². The van der Waals surface area contributed by atoms with E-state index in [1.807, 2.05) is 0 Å². The van der Waals surface area contributed by atoms with Crippen molar-refractivity contribution in [2.24, 2.45) is 0 Å². The third-order valence-corrected chi connectivity index (χ3v) is 4.31. The number of esters is 1. The maximum absolute atomic E-state index is 12.2. The lowest BCUT2D eigenvalue weighted by Gasteiger charge is -2.18. The number of amides is 1. The zero-order valence-electron chi connectivity index (χ0n) is 13.9. The van der Waals surface area contributed by atoms with Crippen LogP contribution in [0.2, 0.25) is 10.0 Å². The van der Waals surface area contributed by atoms with Crippen LogP contribution in [0.4, 0.5) is 5.69 Å². The van der Waals surface area contributed by atoms with Crippen LogP contribution in [0.5, 0.6) is 0 Å². The van der Waals surface area contributed by atoms with Crippen LogP contribution in [-0.2, 0) is 16.1 Å². The highest BCUT2D eigenvalue weighted by atomic mass is 35.5. The Morgan fingerprint density at radius 3 is 2.52 bits per heavy atom. The van der Waals surface area contributed by atoms with Crippen molar-refractivity contribution in [2.45, 2.75) is 6.54 Å². The summed E-state index contributed by atoms with van der Waals surface area (Å²) >= 11 is 11.8. The number of halogens is 2. The fourth-order valence-electron chi connectivity index (χ4n) is 2.19. The van der Waals surface area contributed by atoms with Gasteiger partial charge in [-0.3, -0.25) is 4.79 Å². The molecule has 0 aliphatic carbocycles. The molecule has 5 nitrogen and oxygen atoms in total. The quantitative estimate of drug-likeness (QED) is 0.773. The van der Waals surface area contributed by atoms with Crippen LogP contribution in [-0.4, -0.2) is 37.5 Å². The first-order chi connectivity index (χ1) is 11.9. The highest BCUT2D eigenvalue weighted by molar-refractivity contribution is 6.42. The third-order valence-electron chi connectivity index (χ3n) is 3.57. The lowest BCUT2D eigenvalue weighted by Crippen LogP contribution is -2.30. The van der Waals surface area contributed by atoms with Crippen molar-refractivity contribution in [3.63, 3.8) is 0 Å². The van der Waals surface area contributed by atoms with Gasteiger partial charge in [-0.15, -0.1) is 0 Å². The highest BCUT2D eigenvalue weighted by Crippen LogP contribution is 2.23. The molecule has 0 spiro atoms. The number of ether oxygens (including phenoxy) is 1. The predicted octanol–water partition coefficient (Wildman–Crippen LogP) is 3.85. The molecule has 0 aromatic heterocycles. The SMILES string of the molecule is CNc1ccccc1C(=O)OCC(=O)N(C)Cc1ccc(Cl)c(Cl)c1. The van der Waals surface area contributed by atoms with Crippen molar-refractivity contribution in [1.29, 1.82) is 0 Å². The number of rotatable bonds is 6. The van der Waals surface area contributed by atoms with E-state index in [0.29, 0.717) is 27.8 Å². The van der Waals surface area contributed by atoms with Gasteiger partial charge in [0.15, 0.2) is 6.61 Å². The number of nitrogens with zero attached hydrogens (tertiary/aromatic N) is 1. The maximum atomic E-state index is 12.2. The molecule has 0 unspecified atom stereocenters. The Morgan fingerprint density at radius 1 is 1.12 bits per heavy atom. The van der Waals surface area contributed by atoms with Gasteiger partial charge >= 0.3 is 5.97 Å². The monoisotopic (exact) mass is 380 g/mol. The minimum absolute atomic E-state index is 0.318. The summed E-state index contributed by atoms with van der Waals surface area (Å²) in [6.45, 7) is -0.00488. The molecule has 0 radical (unpaired) electrons. The average molecular weight is 381 g/mol. The Labute approximate surface area is 156 Å². The molecular formula is C18H18Cl2N2O3. The van der Waals surface area contributed by atoms with Crippen LogP contribution in [0.3, 0.4) is 0 Å². The van der Waals surface area contributed by atoms with Crippen LogP contribution in [0, 0.1) is 0 Å². The summed E-state index contributed by atoms with van der Waals surface area (Å²) in [7, 11) is 3.34. The molecule has 0 saturated heterocycles. The molecule has 0 aliphatic heterocycles. The fourth-order valence-corrected chi connectivity index (χ4v) is 2.52. The first-order valence-electron chi connectivity index (χ1n) is 7.54. The number of nitrogens with one attached hydrogen (secondary N) is 1. The Bertz CT molecular complexity index is 781. The summed E-state index contributed by atoms with van der Waals surface area (Å²) in [5.74, 6) is -0.873. The van der Waals surface area contributed by atoms with E-state index >= 15 is 0 Å². The van der Waals surface area contributed by atoms with E-state index in [-0.39, 0.29) is 12.5 Å². The molecule has 0 heterocycles. The van der Waals surface area contributed by atoms with Crippen LogP contribution in [0.25, 0.3) is 0 Å². The molecule has 2 aromatic carbocycles. The largest absolute Gasteiger partial charge is 0.452 e. The molecule has 0 saturated carbocycles. The molecule has 132 valence electrons. The summed E-state index contributed by atoms with van der Waals surface area (Å²) in [5, 5.41) is 3.79. The first kappa shape index (κ1) is 19.1. The van der Waals surface area contributed by atoms with E-state index in [1.54, 1.807) is 56.6 Å². The summed E-state index contributed by atoms with van der Waals surface area (Å²) in [6, 6.07) is 12.1. The smallest absolute Gasteiger partial charge is 0.340 e. The Kier molecular flexibility index (Phi) is 6.67. The molecule has 2 aromatic rings. The van der Waals surface area contributed by atoms with Crippen LogP contribution in [0.15, 0.2) is 42.5 Å². The Hall–Kier alpha value is -2.24. The van der Waals surface area contributed by atoms with E-state index in [2.05, 4.69) is 5.32 Å². The van der Waals surface area contributed by atoms with Gasteiger partial charge in [-0.25, -0.2) is 4.79 Å². The molecule has 25 heavy (non-hydrogen) atoms. The maximum Gasteiger partial charge on any atom is 0.340 e. The molecule has 0 bridgehead atoms. The predicted molar refractivity (Wildman–Crippen MR) is 99.2 cm³/mol. The van der Waals surface area contributed by atoms with Crippen molar-refractivity contribution in [3.8, 4) is 0 Å². The second-order valence-corrected chi connectivity index (χ2v) is 6.18. The lowest BCUT2D eigenvalue weighted by molar-refractivity contribution is -0.133. The van der Waals surface area contributed by atoms with Gasteiger partial charge in [-0.1, -0.05) is 41.4 Å². The van der Waals surface area contributed by atoms with E-state index in [4.69, 9.17) is 27.9 Å². The van der Waals surface area contributed by atoms with Gasteiger partial charge in [0.25, 0.3) is 5.91 Å². The van der Waals surface area contributed by atoms with Crippen LogP contribution >= 0.6 is 23.2 Å². The summed E-state index contributed by atoms with van der Waals surface area (Å²) in [5.41, 5.74) is 1.85. The number of hydrogen-bond donors (Lipinski definition) is 1. The van der Waals surface area contributed by atoms with Gasteiger partial charge in [0, 0.05) is 26.3 Å². The second kappa shape index (κ2) is 8.74. The van der Waals surface area contributed by atoms with E-state index in [1.165, 1.54) is 4.90 Å². The molecule has 1 N–H and O–H groups in total. The number of carbonyl (C=O) groups excluding carboxylic acids is 2. The van der Waals surface area contributed by atoms with E-state index in [0.717, 1.165) is 5.56 Å². The van der Waals surface area contributed by atoms with Crippen LogP contribution < -0.4 is 5.32 Å². The topological polar surface area (TPSA) is 58.6 Å². The summed E-state index contributed by atoms with van der Waals surface area (Å²) < 4.78 is 5.12. The van der Waals surface area contributed by atoms with Gasteiger partial charge in [0.2, 0.25) is 0 Å². The molecule has 0 aliphatic rings. The highest BCUT2D eigenvalue weighted by Gasteiger charge is 2.16. The Morgan fingerprint density at radius 2 is 1.84 bits per heavy atom. The molecule has 1 amide bonds. The first-order valence-corrected chi connectivity index (χ1v) is 8.29. The van der Waals surface area contributed by atoms with Gasteiger partial charge < -0.3 is 15.0 Å². The van der Waals surface area contributed by atoms with Crippen molar-refractivity contribution in [1.82, 2.24) is 4.90 Å². The molecule has 0 fully saturated rings. The van der Waals surface area contributed by atoms with Crippen molar-refractivity contribution in [3.05, 3.63) is 63.6 Å². The van der Waals surface area contributed by atoms with Crippen molar-refractivity contribution < 1.29 is 14.3 Å². The van der Waals surface area contributed by atoms with Gasteiger partial charge in [-0.2, -0.15) is 0 Å². The number of likely N-dealkylation sites (N-methyl/N-ethyl adjacent to an activating group) is 1. The van der Waals surface area contributed by atoms with Crippen molar-refractivity contribution >= 4 is 40.8 Å². The number of anilines is 1. The molecule has 2 rings (SSSR count). The van der Waals surface area contributed by atoms with Gasteiger partial charge in [0.1, 0.15) is 0 Å². The molecular weight excluding hydrogens is 363 g/mol. The van der Waals surface area contributed by atoms with Crippen molar-refractivity contribution in [2.75, 3.05) is 26.0 Å². The second-order valence-electron chi connectivity index (χ2n) is 5.37. The molecule has 0 atom stereocenters. The summed E-state index contributed by atoms with van der Waals surface area (Å²) in [4.78, 5) is 25.7. The van der Waals surface area contributed by atoms with Crippen LogP contribution in [0.1, 0.15) is 15.9 Å². The number of benzene rings is 2. The van der Waals surface area contributed by atoms with Gasteiger partial charge in [0.05, 0.1) is 15.6 Å². The minimum atomic E-state index is -0.554. The molecule has 7 heteroatoms. The number of hydrogen-bond acceptors (Lipinski definition) is 4. The summed E-state index contributed by atoms with van der Waals surface area (Å²) in [6.07, 6.45) is 0. The average Bonchev–Trinajstić information content (AvgIpc) is 2.62. The zero-order valence-corrected chi connectivity index (χ0v) is 15.4. The minimum Gasteiger partial charge on any atom is -0.452 e. The lowest BCUT2D eigenvalue weighted by atomic mass is 10.2. The number of carbonyl (C=O) groups is 2.